The van der Waals surface area contributed by atoms with Gasteiger partial charge in [0, 0.05) is 29.0 Å². The normalized spacial score (nSPS) is 27.0. The second-order valence-electron chi connectivity index (χ2n) is 5.25. The SMILES string of the molecule is O=C(CCCC[C@@H]1SC[C@@H]2NC(=O)N[C@@H]21)Nc1nccs1. The number of amides is 3. The van der Waals surface area contributed by atoms with Crippen LogP contribution in [0.4, 0.5) is 9.93 Å². The van der Waals surface area contributed by atoms with Crippen molar-refractivity contribution in [2.75, 3.05) is 11.1 Å². The lowest BCUT2D eigenvalue weighted by atomic mass is 10.0. The number of rotatable bonds is 6. The maximum atomic E-state index is 11.7. The van der Waals surface area contributed by atoms with Gasteiger partial charge in [-0.1, -0.05) is 6.42 Å². The van der Waals surface area contributed by atoms with Gasteiger partial charge in [0.15, 0.2) is 5.13 Å². The highest BCUT2D eigenvalue weighted by molar-refractivity contribution is 8.00. The van der Waals surface area contributed by atoms with Crippen molar-refractivity contribution in [3.8, 4) is 0 Å². The molecule has 3 N–H and O–H groups in total. The summed E-state index contributed by atoms with van der Waals surface area (Å²) in [5, 5.41) is 11.7. The molecule has 0 unspecified atom stereocenters. The number of urea groups is 1. The van der Waals surface area contributed by atoms with Crippen LogP contribution in [0.25, 0.3) is 0 Å². The standard InChI is InChI=1S/C13H18N4O2S2/c18-10(16-13-14-5-6-20-13)4-2-1-3-9-11-8(7-21-9)15-12(19)17-11/h5-6,8-9,11H,1-4,7H2,(H,14,16,18)(H2,15,17,19)/t8-,9-,11-/m0/s1. The number of aromatic nitrogens is 1. The van der Waals surface area contributed by atoms with Crippen LogP contribution >= 0.6 is 23.1 Å². The van der Waals surface area contributed by atoms with Gasteiger partial charge in [0.25, 0.3) is 0 Å². The molecule has 0 radical (unpaired) electrons. The molecule has 0 aromatic carbocycles. The molecule has 2 aliphatic heterocycles. The molecule has 3 atom stereocenters. The Labute approximate surface area is 131 Å². The van der Waals surface area contributed by atoms with Gasteiger partial charge in [0.05, 0.1) is 12.1 Å². The van der Waals surface area contributed by atoms with E-state index in [0.717, 1.165) is 25.0 Å². The number of nitrogens with zero attached hydrogens (tertiary/aromatic N) is 1. The monoisotopic (exact) mass is 326 g/mol. The quantitative estimate of drug-likeness (QED) is 0.550. The van der Waals surface area contributed by atoms with Crippen molar-refractivity contribution in [2.24, 2.45) is 0 Å². The Bertz CT molecular complexity index is 508. The molecule has 114 valence electrons. The van der Waals surface area contributed by atoms with Gasteiger partial charge in [-0.3, -0.25) is 4.79 Å². The van der Waals surface area contributed by atoms with Crippen LogP contribution in [0, 0.1) is 0 Å². The van der Waals surface area contributed by atoms with Gasteiger partial charge in [-0.05, 0) is 12.8 Å². The molecular weight excluding hydrogens is 308 g/mol. The van der Waals surface area contributed by atoms with Crippen molar-refractivity contribution >= 4 is 40.2 Å². The summed E-state index contributed by atoms with van der Waals surface area (Å²) >= 11 is 3.34. The fourth-order valence-electron chi connectivity index (χ4n) is 2.74. The zero-order chi connectivity index (χ0) is 14.7. The number of carbonyl (C=O) groups is 2. The number of thiazole rings is 1. The van der Waals surface area contributed by atoms with Crippen molar-refractivity contribution < 1.29 is 9.59 Å². The first-order valence-electron chi connectivity index (χ1n) is 7.10. The molecule has 3 heterocycles. The first-order valence-corrected chi connectivity index (χ1v) is 9.03. The van der Waals surface area contributed by atoms with Crippen LogP contribution in [0.3, 0.4) is 0 Å². The summed E-state index contributed by atoms with van der Waals surface area (Å²) in [4.78, 5) is 27.0. The minimum atomic E-state index is -0.0434. The van der Waals surface area contributed by atoms with Crippen LogP contribution in [0.2, 0.25) is 0 Å². The summed E-state index contributed by atoms with van der Waals surface area (Å²) in [6.07, 6.45) is 5.11. The Morgan fingerprint density at radius 1 is 1.43 bits per heavy atom. The Kier molecular flexibility index (Phi) is 4.64. The Hall–Kier alpha value is -1.28. The van der Waals surface area contributed by atoms with Crippen molar-refractivity contribution in [3.05, 3.63) is 11.6 Å². The van der Waals surface area contributed by atoms with E-state index in [-0.39, 0.29) is 24.0 Å². The highest BCUT2D eigenvalue weighted by Crippen LogP contribution is 2.33. The second kappa shape index (κ2) is 6.65. The van der Waals surface area contributed by atoms with Crippen LogP contribution in [0.15, 0.2) is 11.6 Å². The fourth-order valence-corrected chi connectivity index (χ4v) is 4.83. The van der Waals surface area contributed by atoms with Gasteiger partial charge in [0.2, 0.25) is 5.91 Å². The average molecular weight is 326 g/mol. The lowest BCUT2D eigenvalue weighted by Gasteiger charge is -2.16. The lowest BCUT2D eigenvalue weighted by molar-refractivity contribution is -0.116. The highest BCUT2D eigenvalue weighted by atomic mass is 32.2. The van der Waals surface area contributed by atoms with Gasteiger partial charge >= 0.3 is 6.03 Å². The first kappa shape index (κ1) is 14.6. The molecule has 0 aliphatic carbocycles. The van der Waals surface area contributed by atoms with Crippen LogP contribution in [0.1, 0.15) is 25.7 Å². The van der Waals surface area contributed by atoms with Crippen molar-refractivity contribution in [2.45, 2.75) is 43.0 Å². The van der Waals surface area contributed by atoms with Crippen LogP contribution in [-0.4, -0.2) is 40.0 Å². The van der Waals surface area contributed by atoms with Crippen molar-refractivity contribution in [3.63, 3.8) is 0 Å². The van der Waals surface area contributed by atoms with E-state index < -0.39 is 0 Å². The average Bonchev–Trinajstić information content (AvgIpc) is 3.13. The largest absolute Gasteiger partial charge is 0.332 e. The van der Waals surface area contributed by atoms with Crippen LogP contribution in [0.5, 0.6) is 0 Å². The maximum Gasteiger partial charge on any atom is 0.315 e. The number of fused-ring (bicyclic) bond motifs is 1. The molecule has 3 rings (SSSR count). The molecule has 2 aliphatic rings. The van der Waals surface area contributed by atoms with Gasteiger partial charge in [0.1, 0.15) is 0 Å². The molecule has 6 nitrogen and oxygen atoms in total. The third kappa shape index (κ3) is 3.68. The van der Waals surface area contributed by atoms with E-state index in [9.17, 15) is 9.59 Å². The number of nitrogens with one attached hydrogen (secondary N) is 3. The summed E-state index contributed by atoms with van der Waals surface area (Å²) in [6, 6.07) is 0.491. The van der Waals surface area contributed by atoms with Gasteiger partial charge in [-0.25, -0.2) is 9.78 Å². The predicted molar refractivity (Wildman–Crippen MR) is 84.7 cm³/mol. The van der Waals surface area contributed by atoms with E-state index in [4.69, 9.17) is 0 Å². The third-order valence-corrected chi connectivity index (χ3v) is 5.96. The third-order valence-electron chi connectivity index (χ3n) is 3.76. The summed E-state index contributed by atoms with van der Waals surface area (Å²) in [5.74, 6) is 1.01. The lowest BCUT2D eigenvalue weighted by Crippen LogP contribution is -2.36. The van der Waals surface area contributed by atoms with E-state index in [1.807, 2.05) is 17.1 Å². The second-order valence-corrected chi connectivity index (χ2v) is 7.42. The van der Waals surface area contributed by atoms with E-state index in [1.54, 1.807) is 6.20 Å². The van der Waals surface area contributed by atoms with Gasteiger partial charge in [-0.2, -0.15) is 11.8 Å². The first-order chi connectivity index (χ1) is 10.2. The smallest absolute Gasteiger partial charge is 0.315 e. The number of hydrogen-bond donors (Lipinski definition) is 3. The Morgan fingerprint density at radius 2 is 2.33 bits per heavy atom. The molecular formula is C13H18N4O2S2. The topological polar surface area (TPSA) is 83.1 Å². The molecule has 21 heavy (non-hydrogen) atoms. The number of carbonyl (C=O) groups excluding carboxylic acids is 2. The number of unbranched alkanes of at least 4 members (excludes halogenated alkanes) is 1. The van der Waals surface area contributed by atoms with E-state index in [1.165, 1.54) is 11.3 Å². The molecule has 3 amide bonds. The zero-order valence-electron chi connectivity index (χ0n) is 11.5. The van der Waals surface area contributed by atoms with Crippen molar-refractivity contribution in [1.82, 2.24) is 15.6 Å². The predicted octanol–water partition coefficient (Wildman–Crippen LogP) is 1.81. The Morgan fingerprint density at radius 3 is 3.14 bits per heavy atom. The summed E-state index contributed by atoms with van der Waals surface area (Å²) in [7, 11) is 0. The molecule has 1 aromatic heterocycles. The summed E-state index contributed by atoms with van der Waals surface area (Å²) in [6.45, 7) is 0. The molecule has 8 heteroatoms. The number of thioether (sulfide) groups is 1. The van der Waals surface area contributed by atoms with E-state index in [0.29, 0.717) is 16.8 Å². The molecule has 1 aromatic rings. The van der Waals surface area contributed by atoms with Crippen LogP contribution in [-0.2, 0) is 4.79 Å². The highest BCUT2D eigenvalue weighted by Gasteiger charge is 2.42. The van der Waals surface area contributed by atoms with Crippen LogP contribution < -0.4 is 16.0 Å². The molecule has 0 bridgehead atoms. The Balaban J connectivity index is 1.33. The minimum Gasteiger partial charge on any atom is -0.332 e. The van der Waals surface area contributed by atoms with E-state index >= 15 is 0 Å². The molecule has 0 spiro atoms. The molecule has 0 saturated carbocycles. The maximum absolute atomic E-state index is 11.7. The van der Waals surface area contributed by atoms with Gasteiger partial charge in [-0.15, -0.1) is 11.3 Å². The summed E-state index contributed by atoms with van der Waals surface area (Å²) in [5.41, 5.74) is 0. The minimum absolute atomic E-state index is 0.0257. The summed E-state index contributed by atoms with van der Waals surface area (Å²) < 4.78 is 0. The zero-order valence-corrected chi connectivity index (χ0v) is 13.1. The molecule has 2 saturated heterocycles. The molecule has 2 fully saturated rings. The fraction of sp³-hybridized carbons (Fsp3) is 0.615. The van der Waals surface area contributed by atoms with Crippen molar-refractivity contribution in [1.29, 1.82) is 0 Å². The number of anilines is 1. The van der Waals surface area contributed by atoms with Gasteiger partial charge < -0.3 is 16.0 Å². The van der Waals surface area contributed by atoms with E-state index in [2.05, 4.69) is 20.9 Å². The number of hydrogen-bond acceptors (Lipinski definition) is 5.